The Kier molecular flexibility index (Phi) is 9.51. The Hall–Kier alpha value is -2.03. The molecule has 1 rings (SSSR count). The number of carbonyl (C=O) groups is 2. The molecule has 0 saturated carbocycles. The number of rotatable bonds is 7. The van der Waals surface area contributed by atoms with Gasteiger partial charge in [0.25, 0.3) is 0 Å². The van der Waals surface area contributed by atoms with E-state index in [1.807, 2.05) is 20.8 Å². The number of carbonyl (C=O) groups excluding carboxylic acids is 2. The summed E-state index contributed by atoms with van der Waals surface area (Å²) in [7, 11) is 3.49. The van der Waals surface area contributed by atoms with Crippen LogP contribution in [-0.4, -0.2) is 86.2 Å². The van der Waals surface area contributed by atoms with E-state index < -0.39 is 5.60 Å². The van der Waals surface area contributed by atoms with Gasteiger partial charge in [-0.25, -0.2) is 4.79 Å². The van der Waals surface area contributed by atoms with Crippen LogP contribution in [0.15, 0.2) is 4.99 Å². The van der Waals surface area contributed by atoms with Gasteiger partial charge in [0.05, 0.1) is 6.54 Å². The SMILES string of the molecule is CN=C(NCC(C)CN(C)C(=O)OC(C)(C)C)NC1CCN(CC(N)=O)CC1. The molecule has 0 aliphatic carbocycles. The predicted octanol–water partition coefficient (Wildman–Crippen LogP) is 0.604. The zero-order chi connectivity index (χ0) is 21.3. The highest BCUT2D eigenvalue weighted by molar-refractivity contribution is 5.80. The number of nitrogens with zero attached hydrogens (tertiary/aromatic N) is 3. The molecule has 162 valence electrons. The van der Waals surface area contributed by atoms with E-state index in [2.05, 4.69) is 27.4 Å². The largest absolute Gasteiger partial charge is 0.444 e. The van der Waals surface area contributed by atoms with Crippen molar-refractivity contribution in [2.75, 3.05) is 46.8 Å². The molecule has 0 aromatic heterocycles. The Morgan fingerprint density at radius 3 is 2.43 bits per heavy atom. The van der Waals surface area contributed by atoms with Crippen LogP contribution in [0.2, 0.25) is 0 Å². The second kappa shape index (κ2) is 11.1. The van der Waals surface area contributed by atoms with Crippen LogP contribution in [0.1, 0.15) is 40.5 Å². The number of piperidine rings is 1. The molecule has 1 fully saturated rings. The third kappa shape index (κ3) is 9.77. The van der Waals surface area contributed by atoms with Gasteiger partial charge in [-0.05, 0) is 39.5 Å². The summed E-state index contributed by atoms with van der Waals surface area (Å²) in [5, 5.41) is 6.76. The number of nitrogens with one attached hydrogen (secondary N) is 2. The molecule has 28 heavy (non-hydrogen) atoms. The number of aliphatic imine (C=N–C) groups is 1. The van der Waals surface area contributed by atoms with Crippen LogP contribution in [0.3, 0.4) is 0 Å². The van der Waals surface area contributed by atoms with Crippen molar-refractivity contribution in [2.45, 2.75) is 52.2 Å². The van der Waals surface area contributed by atoms with Crippen molar-refractivity contribution < 1.29 is 14.3 Å². The Morgan fingerprint density at radius 2 is 1.93 bits per heavy atom. The number of hydrogen-bond acceptors (Lipinski definition) is 5. The first-order valence-electron chi connectivity index (χ1n) is 9.92. The van der Waals surface area contributed by atoms with Gasteiger partial charge in [0.2, 0.25) is 5.91 Å². The summed E-state index contributed by atoms with van der Waals surface area (Å²) in [6.07, 6.45) is 1.56. The maximum Gasteiger partial charge on any atom is 0.410 e. The molecule has 1 heterocycles. The monoisotopic (exact) mass is 398 g/mol. The zero-order valence-corrected chi connectivity index (χ0v) is 18.2. The molecular formula is C19H38N6O3. The van der Waals surface area contributed by atoms with E-state index in [1.54, 1.807) is 19.0 Å². The van der Waals surface area contributed by atoms with Crippen molar-refractivity contribution in [3.05, 3.63) is 0 Å². The molecule has 1 aliphatic heterocycles. The lowest BCUT2D eigenvalue weighted by molar-refractivity contribution is -0.119. The first kappa shape index (κ1) is 24.0. The fraction of sp³-hybridized carbons (Fsp3) is 0.842. The average molecular weight is 399 g/mol. The Bertz CT molecular complexity index is 538. The minimum absolute atomic E-state index is 0.230. The van der Waals surface area contributed by atoms with Gasteiger partial charge in [-0.3, -0.25) is 14.7 Å². The van der Waals surface area contributed by atoms with Gasteiger partial charge >= 0.3 is 6.09 Å². The van der Waals surface area contributed by atoms with Crippen LogP contribution in [-0.2, 0) is 9.53 Å². The number of nitrogens with two attached hydrogens (primary N) is 1. The van der Waals surface area contributed by atoms with Gasteiger partial charge < -0.3 is 26.0 Å². The number of hydrogen-bond donors (Lipinski definition) is 3. The summed E-state index contributed by atoms with van der Waals surface area (Å²) in [5.74, 6) is 0.697. The van der Waals surface area contributed by atoms with E-state index >= 15 is 0 Å². The fourth-order valence-corrected chi connectivity index (χ4v) is 3.06. The first-order chi connectivity index (χ1) is 13.0. The molecule has 4 N–H and O–H groups in total. The van der Waals surface area contributed by atoms with Crippen LogP contribution >= 0.6 is 0 Å². The summed E-state index contributed by atoms with van der Waals surface area (Å²) in [6, 6.07) is 0.315. The summed E-state index contributed by atoms with van der Waals surface area (Å²) >= 11 is 0. The van der Waals surface area contributed by atoms with Crippen LogP contribution in [0.25, 0.3) is 0 Å². The Morgan fingerprint density at radius 1 is 1.32 bits per heavy atom. The van der Waals surface area contributed by atoms with Gasteiger partial charge in [-0.15, -0.1) is 0 Å². The third-order valence-corrected chi connectivity index (χ3v) is 4.44. The van der Waals surface area contributed by atoms with E-state index in [0.717, 1.165) is 31.9 Å². The van der Waals surface area contributed by atoms with Gasteiger partial charge in [-0.2, -0.15) is 0 Å². The van der Waals surface area contributed by atoms with Crippen molar-refractivity contribution in [3.63, 3.8) is 0 Å². The topological polar surface area (TPSA) is 112 Å². The second-order valence-electron chi connectivity index (χ2n) is 8.58. The van der Waals surface area contributed by atoms with Gasteiger partial charge in [0.15, 0.2) is 5.96 Å². The minimum Gasteiger partial charge on any atom is -0.444 e. The van der Waals surface area contributed by atoms with Crippen LogP contribution in [0.5, 0.6) is 0 Å². The predicted molar refractivity (Wildman–Crippen MR) is 111 cm³/mol. The van der Waals surface area contributed by atoms with Gasteiger partial charge in [0.1, 0.15) is 5.60 Å². The normalized spacial score (nSPS) is 17.7. The van der Waals surface area contributed by atoms with E-state index in [4.69, 9.17) is 10.5 Å². The molecule has 1 saturated heterocycles. The maximum atomic E-state index is 12.1. The van der Waals surface area contributed by atoms with Crippen LogP contribution < -0.4 is 16.4 Å². The van der Waals surface area contributed by atoms with E-state index in [9.17, 15) is 9.59 Å². The summed E-state index contributed by atoms with van der Waals surface area (Å²) in [6.45, 7) is 10.9. The number of ether oxygens (including phenoxy) is 1. The van der Waals surface area contributed by atoms with Crippen LogP contribution in [0.4, 0.5) is 4.79 Å². The Labute approximate surface area is 169 Å². The lowest BCUT2D eigenvalue weighted by atomic mass is 10.1. The summed E-state index contributed by atoms with van der Waals surface area (Å²) in [5.41, 5.74) is 4.76. The highest BCUT2D eigenvalue weighted by atomic mass is 16.6. The quantitative estimate of drug-likeness (QED) is 0.428. The smallest absolute Gasteiger partial charge is 0.410 e. The van der Waals surface area contributed by atoms with E-state index in [-0.39, 0.29) is 17.9 Å². The molecule has 9 nitrogen and oxygen atoms in total. The van der Waals surface area contributed by atoms with E-state index in [1.165, 1.54) is 0 Å². The molecule has 0 radical (unpaired) electrons. The van der Waals surface area contributed by atoms with Crippen molar-refractivity contribution in [1.29, 1.82) is 0 Å². The lowest BCUT2D eigenvalue weighted by Crippen LogP contribution is -2.50. The van der Waals surface area contributed by atoms with Crippen molar-refractivity contribution >= 4 is 18.0 Å². The summed E-state index contributed by atoms with van der Waals surface area (Å²) < 4.78 is 5.38. The average Bonchev–Trinajstić information content (AvgIpc) is 2.58. The minimum atomic E-state index is -0.494. The number of likely N-dealkylation sites (tertiary alicyclic amines) is 1. The third-order valence-electron chi connectivity index (χ3n) is 4.44. The van der Waals surface area contributed by atoms with Gasteiger partial charge in [0, 0.05) is 46.3 Å². The molecule has 1 unspecified atom stereocenters. The molecule has 1 aliphatic rings. The molecule has 0 aromatic rings. The second-order valence-corrected chi connectivity index (χ2v) is 8.58. The first-order valence-corrected chi connectivity index (χ1v) is 9.92. The molecule has 1 atom stereocenters. The number of primary amides is 1. The van der Waals surface area contributed by atoms with Crippen molar-refractivity contribution in [3.8, 4) is 0 Å². The molecule has 0 aromatic carbocycles. The lowest BCUT2D eigenvalue weighted by Gasteiger charge is -2.32. The molecular weight excluding hydrogens is 360 g/mol. The maximum absolute atomic E-state index is 12.1. The molecule has 0 bridgehead atoms. The van der Waals surface area contributed by atoms with E-state index in [0.29, 0.717) is 25.7 Å². The van der Waals surface area contributed by atoms with Crippen molar-refractivity contribution in [1.82, 2.24) is 20.4 Å². The zero-order valence-electron chi connectivity index (χ0n) is 18.2. The molecule has 0 spiro atoms. The van der Waals surface area contributed by atoms with Crippen molar-refractivity contribution in [2.24, 2.45) is 16.6 Å². The summed E-state index contributed by atoms with van der Waals surface area (Å²) in [4.78, 5) is 31.0. The molecule has 9 heteroatoms. The van der Waals surface area contributed by atoms with Gasteiger partial charge in [-0.1, -0.05) is 6.92 Å². The fourth-order valence-electron chi connectivity index (χ4n) is 3.06. The standard InChI is InChI=1S/C19H38N6O3/c1-14(12-24(6)18(27)28-19(2,3)4)11-22-17(21-5)23-15-7-9-25(10-8-15)13-16(20)26/h14-15H,7-13H2,1-6H3,(H2,20,26)(H2,21,22,23). The Balaban J connectivity index is 2.34. The molecule has 2 amide bonds. The highest BCUT2D eigenvalue weighted by Gasteiger charge is 2.22. The van der Waals surface area contributed by atoms with Crippen LogP contribution in [0, 0.1) is 5.92 Å². The number of guanidine groups is 1. The number of amides is 2. The highest BCUT2D eigenvalue weighted by Crippen LogP contribution is 2.11.